The fourth-order valence-corrected chi connectivity index (χ4v) is 4.89. The van der Waals surface area contributed by atoms with Gasteiger partial charge in [0.05, 0.1) is 5.41 Å². The molecular formula is C28H35F3N2. The van der Waals surface area contributed by atoms with Crippen molar-refractivity contribution in [3.8, 4) is 11.1 Å². The summed E-state index contributed by atoms with van der Waals surface area (Å²) in [6.07, 6.45) is 0.730. The van der Waals surface area contributed by atoms with Crippen LogP contribution in [0.3, 0.4) is 0 Å². The van der Waals surface area contributed by atoms with Crippen LogP contribution in [0.5, 0.6) is 0 Å². The summed E-state index contributed by atoms with van der Waals surface area (Å²) in [6, 6.07) is 17.3. The van der Waals surface area contributed by atoms with Crippen LogP contribution in [0, 0.1) is 11.3 Å². The van der Waals surface area contributed by atoms with Crippen LogP contribution in [0.2, 0.25) is 0 Å². The maximum atomic E-state index is 13.2. The van der Waals surface area contributed by atoms with E-state index in [0.717, 1.165) is 50.0 Å². The first-order valence-corrected chi connectivity index (χ1v) is 12.0. The molecule has 0 bridgehead atoms. The number of piperidine rings is 1. The Labute approximate surface area is 196 Å². The highest BCUT2D eigenvalue weighted by Crippen LogP contribution is 2.58. The summed E-state index contributed by atoms with van der Waals surface area (Å²) < 4.78 is 39.7. The number of likely N-dealkylation sites (tertiary alicyclic amines) is 1. The van der Waals surface area contributed by atoms with Crippen molar-refractivity contribution in [1.82, 2.24) is 9.80 Å². The number of halogens is 3. The average Bonchev–Trinajstić information content (AvgIpc) is 3.59. The third-order valence-electron chi connectivity index (χ3n) is 7.57. The quantitative estimate of drug-likeness (QED) is 0.428. The van der Waals surface area contributed by atoms with Crippen molar-refractivity contribution in [3.63, 3.8) is 0 Å². The SMILES string of the molecule is C=C(c1ccc(-c2ccc(CCC3CCN(CC4(C(F)(F)F)CC4)CC3)cc2)cc1)N(C)C. The monoisotopic (exact) mass is 456 g/mol. The van der Waals surface area contributed by atoms with E-state index in [0.29, 0.717) is 18.8 Å². The largest absolute Gasteiger partial charge is 0.395 e. The molecule has 2 aliphatic rings. The van der Waals surface area contributed by atoms with Crippen molar-refractivity contribution >= 4 is 5.70 Å². The first-order valence-electron chi connectivity index (χ1n) is 12.0. The predicted octanol–water partition coefficient (Wildman–Crippen LogP) is 6.87. The second kappa shape index (κ2) is 9.54. The number of aryl methyl sites for hydroxylation is 1. The average molecular weight is 457 g/mol. The number of nitrogens with zero attached hydrogens (tertiary/aromatic N) is 2. The van der Waals surface area contributed by atoms with Gasteiger partial charge in [0, 0.05) is 26.3 Å². The highest BCUT2D eigenvalue weighted by atomic mass is 19.4. The summed E-state index contributed by atoms with van der Waals surface area (Å²) >= 11 is 0. The lowest BCUT2D eigenvalue weighted by atomic mass is 9.89. The van der Waals surface area contributed by atoms with E-state index in [9.17, 15) is 13.2 Å². The standard InChI is InChI=1S/C28H35F3N2/c1-21(32(2)3)24-10-12-26(13-11-24)25-8-6-22(7-9-25)4-5-23-14-18-33(19-15-23)20-27(16-17-27)28(29,30)31/h6-13,23H,1,4-5,14-20H2,2-3H3. The molecule has 0 spiro atoms. The Bertz CT molecular complexity index is 933. The van der Waals surface area contributed by atoms with Crippen molar-refractivity contribution < 1.29 is 13.2 Å². The summed E-state index contributed by atoms with van der Waals surface area (Å²) in [6.45, 7) is 5.92. The normalized spacial score (nSPS) is 18.8. The smallest absolute Gasteiger partial charge is 0.378 e. The zero-order valence-electron chi connectivity index (χ0n) is 19.8. The highest BCUT2D eigenvalue weighted by molar-refractivity contribution is 5.68. The summed E-state index contributed by atoms with van der Waals surface area (Å²) in [5.41, 5.74) is 4.44. The van der Waals surface area contributed by atoms with E-state index in [1.54, 1.807) is 0 Å². The molecule has 0 aromatic heterocycles. The number of rotatable bonds is 8. The van der Waals surface area contributed by atoms with Gasteiger partial charge in [-0.15, -0.1) is 0 Å². The van der Waals surface area contributed by atoms with Gasteiger partial charge in [0.1, 0.15) is 0 Å². The third-order valence-corrected chi connectivity index (χ3v) is 7.57. The van der Waals surface area contributed by atoms with Crippen molar-refractivity contribution in [2.45, 2.75) is 44.7 Å². The zero-order valence-corrected chi connectivity index (χ0v) is 19.8. The van der Waals surface area contributed by atoms with E-state index in [2.05, 4.69) is 55.1 Å². The second-order valence-corrected chi connectivity index (χ2v) is 10.2. The van der Waals surface area contributed by atoms with E-state index in [4.69, 9.17) is 0 Å². The molecule has 0 radical (unpaired) electrons. The van der Waals surface area contributed by atoms with Gasteiger partial charge in [0.15, 0.2) is 0 Å². The Kier molecular flexibility index (Phi) is 6.90. The number of benzene rings is 2. The van der Waals surface area contributed by atoms with Crippen LogP contribution >= 0.6 is 0 Å². The molecular weight excluding hydrogens is 421 g/mol. The molecule has 2 fully saturated rings. The Morgan fingerprint density at radius 2 is 1.52 bits per heavy atom. The Morgan fingerprint density at radius 1 is 0.970 bits per heavy atom. The molecule has 0 N–H and O–H groups in total. The first-order chi connectivity index (χ1) is 15.7. The number of alkyl halides is 3. The molecule has 0 unspecified atom stereocenters. The van der Waals surface area contributed by atoms with E-state index in [1.807, 2.05) is 23.9 Å². The van der Waals surface area contributed by atoms with Crippen molar-refractivity contribution in [3.05, 3.63) is 66.2 Å². The minimum atomic E-state index is -4.04. The van der Waals surface area contributed by atoms with E-state index in [-0.39, 0.29) is 6.54 Å². The molecule has 4 rings (SSSR count). The fraction of sp³-hybridized carbons (Fsp3) is 0.500. The summed E-state index contributed by atoms with van der Waals surface area (Å²) in [5, 5.41) is 0. The van der Waals surface area contributed by atoms with Gasteiger partial charge in [-0.3, -0.25) is 0 Å². The summed E-state index contributed by atoms with van der Waals surface area (Å²) in [7, 11) is 3.99. The van der Waals surface area contributed by atoms with Gasteiger partial charge in [-0.05, 0) is 79.8 Å². The van der Waals surface area contributed by atoms with Gasteiger partial charge in [0.2, 0.25) is 0 Å². The van der Waals surface area contributed by atoms with Crippen LogP contribution in [0.15, 0.2) is 55.1 Å². The van der Waals surface area contributed by atoms with Gasteiger partial charge in [-0.2, -0.15) is 13.2 Å². The van der Waals surface area contributed by atoms with E-state index < -0.39 is 11.6 Å². The van der Waals surface area contributed by atoms with Crippen molar-refractivity contribution in [2.24, 2.45) is 11.3 Å². The van der Waals surface area contributed by atoms with E-state index >= 15 is 0 Å². The minimum Gasteiger partial charge on any atom is -0.378 e. The van der Waals surface area contributed by atoms with Gasteiger partial charge >= 0.3 is 6.18 Å². The van der Waals surface area contributed by atoms with Crippen LogP contribution in [-0.2, 0) is 6.42 Å². The molecule has 1 saturated heterocycles. The van der Waals surface area contributed by atoms with E-state index in [1.165, 1.54) is 16.7 Å². The third kappa shape index (κ3) is 5.63. The van der Waals surface area contributed by atoms with Crippen LogP contribution < -0.4 is 0 Å². The van der Waals surface area contributed by atoms with Crippen LogP contribution in [0.25, 0.3) is 16.8 Å². The van der Waals surface area contributed by atoms with Crippen LogP contribution in [0.4, 0.5) is 13.2 Å². The van der Waals surface area contributed by atoms with Crippen LogP contribution in [-0.4, -0.2) is 49.7 Å². The lowest BCUT2D eigenvalue weighted by Crippen LogP contribution is -2.42. The van der Waals surface area contributed by atoms with Gasteiger partial charge in [-0.25, -0.2) is 0 Å². The molecule has 1 aliphatic carbocycles. The lowest BCUT2D eigenvalue weighted by molar-refractivity contribution is -0.192. The lowest BCUT2D eigenvalue weighted by Gasteiger charge is -2.35. The highest BCUT2D eigenvalue weighted by Gasteiger charge is 2.63. The molecule has 5 heteroatoms. The topological polar surface area (TPSA) is 6.48 Å². The zero-order chi connectivity index (χ0) is 23.6. The Hall–Kier alpha value is -2.27. The number of hydrogen-bond donors (Lipinski definition) is 0. The molecule has 33 heavy (non-hydrogen) atoms. The summed E-state index contributed by atoms with van der Waals surface area (Å²) in [5.74, 6) is 0.610. The molecule has 1 heterocycles. The molecule has 1 aliphatic heterocycles. The van der Waals surface area contributed by atoms with Gasteiger partial charge in [-0.1, -0.05) is 55.1 Å². The maximum Gasteiger partial charge on any atom is 0.395 e. The van der Waals surface area contributed by atoms with Crippen molar-refractivity contribution in [1.29, 1.82) is 0 Å². The minimum absolute atomic E-state index is 0.203. The number of hydrogen-bond acceptors (Lipinski definition) is 2. The molecule has 2 nitrogen and oxygen atoms in total. The predicted molar refractivity (Wildman–Crippen MR) is 130 cm³/mol. The van der Waals surface area contributed by atoms with Gasteiger partial charge in [0.25, 0.3) is 0 Å². The molecule has 0 amide bonds. The Morgan fingerprint density at radius 3 is 2.00 bits per heavy atom. The van der Waals surface area contributed by atoms with Crippen molar-refractivity contribution in [2.75, 3.05) is 33.7 Å². The molecule has 178 valence electrons. The molecule has 1 saturated carbocycles. The second-order valence-electron chi connectivity index (χ2n) is 10.2. The van der Waals surface area contributed by atoms with Crippen LogP contribution in [0.1, 0.15) is 43.2 Å². The molecule has 0 atom stereocenters. The Balaban J connectivity index is 1.24. The molecule has 2 aromatic carbocycles. The first kappa shape index (κ1) is 23.9. The summed E-state index contributed by atoms with van der Waals surface area (Å²) in [4.78, 5) is 4.06. The van der Waals surface area contributed by atoms with Gasteiger partial charge < -0.3 is 9.80 Å². The fourth-order valence-electron chi connectivity index (χ4n) is 4.89. The maximum absolute atomic E-state index is 13.2. The molecule has 2 aromatic rings.